The maximum Gasteiger partial charge on any atom is 0.257 e. The van der Waals surface area contributed by atoms with Crippen molar-refractivity contribution in [3.8, 4) is 17.2 Å². The summed E-state index contributed by atoms with van der Waals surface area (Å²) in [7, 11) is 6.35. The molecular weight excluding hydrogens is 294 g/mol. The van der Waals surface area contributed by atoms with Crippen LogP contribution in [0.4, 0.5) is 0 Å². The standard InChI is InChI=1S/C18H21NO4/c1-6-8-11-15(18(21)19(2)3)17(23-5)14-12(16(11)20)9-7-10-13(14)22-4/h6-7,9-10,20H,1,8H2,2-5H3. The molecule has 5 heteroatoms. The Morgan fingerprint density at radius 2 is 2.00 bits per heavy atom. The summed E-state index contributed by atoms with van der Waals surface area (Å²) in [5.74, 6) is 0.727. The molecule has 2 rings (SSSR count). The van der Waals surface area contributed by atoms with E-state index < -0.39 is 0 Å². The van der Waals surface area contributed by atoms with Gasteiger partial charge in [0.15, 0.2) is 0 Å². The normalized spacial score (nSPS) is 10.4. The van der Waals surface area contributed by atoms with Crippen LogP contribution in [0.5, 0.6) is 17.2 Å². The van der Waals surface area contributed by atoms with Gasteiger partial charge in [0.1, 0.15) is 17.2 Å². The van der Waals surface area contributed by atoms with Gasteiger partial charge in [-0.15, -0.1) is 6.58 Å². The third kappa shape index (κ3) is 2.70. The van der Waals surface area contributed by atoms with Crippen LogP contribution in [-0.2, 0) is 6.42 Å². The lowest BCUT2D eigenvalue weighted by Crippen LogP contribution is -2.24. The molecule has 0 spiro atoms. The van der Waals surface area contributed by atoms with Crippen LogP contribution in [0.2, 0.25) is 0 Å². The average molecular weight is 315 g/mol. The Bertz CT molecular complexity index is 765. The minimum absolute atomic E-state index is 0.0461. The van der Waals surface area contributed by atoms with Crippen molar-refractivity contribution in [2.24, 2.45) is 0 Å². The first-order chi connectivity index (χ1) is 11.0. The van der Waals surface area contributed by atoms with Crippen molar-refractivity contribution in [3.05, 3.63) is 42.0 Å². The van der Waals surface area contributed by atoms with Gasteiger partial charge in [-0.3, -0.25) is 4.79 Å². The number of rotatable bonds is 5. The maximum absolute atomic E-state index is 12.7. The van der Waals surface area contributed by atoms with Crippen molar-refractivity contribution in [2.75, 3.05) is 28.3 Å². The average Bonchev–Trinajstić information content (AvgIpc) is 2.55. The number of amides is 1. The topological polar surface area (TPSA) is 59.0 Å². The van der Waals surface area contributed by atoms with Crippen LogP contribution in [0.15, 0.2) is 30.9 Å². The van der Waals surface area contributed by atoms with Gasteiger partial charge in [0.2, 0.25) is 0 Å². The monoisotopic (exact) mass is 315 g/mol. The summed E-state index contributed by atoms with van der Waals surface area (Å²) in [5, 5.41) is 11.9. The molecule has 1 amide bonds. The second kappa shape index (κ2) is 6.60. The molecule has 122 valence electrons. The van der Waals surface area contributed by atoms with E-state index in [1.165, 1.54) is 19.1 Å². The van der Waals surface area contributed by atoms with Crippen LogP contribution in [-0.4, -0.2) is 44.2 Å². The Balaban J connectivity index is 3.03. The van der Waals surface area contributed by atoms with Crippen molar-refractivity contribution >= 4 is 16.7 Å². The molecule has 0 heterocycles. The maximum atomic E-state index is 12.7. The number of phenolic OH excluding ortho intramolecular Hbond substituents is 1. The summed E-state index contributed by atoms with van der Waals surface area (Å²) >= 11 is 0. The number of aromatic hydroxyl groups is 1. The smallest absolute Gasteiger partial charge is 0.257 e. The van der Waals surface area contributed by atoms with Gasteiger partial charge in [-0.05, 0) is 12.5 Å². The van der Waals surface area contributed by atoms with Crippen LogP contribution in [0.25, 0.3) is 10.8 Å². The summed E-state index contributed by atoms with van der Waals surface area (Å²) in [6, 6.07) is 5.32. The number of carbonyl (C=O) groups is 1. The quantitative estimate of drug-likeness (QED) is 0.862. The lowest BCUT2D eigenvalue weighted by atomic mass is 9.94. The highest BCUT2D eigenvalue weighted by atomic mass is 16.5. The van der Waals surface area contributed by atoms with E-state index in [0.29, 0.717) is 39.8 Å². The second-order valence-electron chi connectivity index (χ2n) is 5.31. The first-order valence-electron chi connectivity index (χ1n) is 7.18. The minimum Gasteiger partial charge on any atom is -0.507 e. The Morgan fingerprint density at radius 3 is 2.52 bits per heavy atom. The number of hydrogen-bond donors (Lipinski definition) is 1. The van der Waals surface area contributed by atoms with Crippen molar-refractivity contribution in [1.29, 1.82) is 0 Å². The number of phenols is 1. The minimum atomic E-state index is -0.248. The fourth-order valence-electron chi connectivity index (χ4n) is 2.67. The number of methoxy groups -OCH3 is 2. The summed E-state index contributed by atoms with van der Waals surface area (Å²) in [6.07, 6.45) is 2.00. The van der Waals surface area contributed by atoms with E-state index in [1.807, 2.05) is 0 Å². The van der Waals surface area contributed by atoms with E-state index in [1.54, 1.807) is 38.4 Å². The molecule has 2 aromatic rings. The lowest BCUT2D eigenvalue weighted by molar-refractivity contribution is 0.0823. The van der Waals surface area contributed by atoms with E-state index in [2.05, 4.69) is 6.58 Å². The van der Waals surface area contributed by atoms with Crippen molar-refractivity contribution < 1.29 is 19.4 Å². The van der Waals surface area contributed by atoms with Gasteiger partial charge in [0.25, 0.3) is 5.91 Å². The molecule has 0 saturated carbocycles. The Hall–Kier alpha value is -2.69. The van der Waals surface area contributed by atoms with Gasteiger partial charge in [-0.2, -0.15) is 0 Å². The molecule has 1 N–H and O–H groups in total. The molecule has 0 aromatic heterocycles. The molecule has 0 fully saturated rings. The molecule has 5 nitrogen and oxygen atoms in total. The van der Waals surface area contributed by atoms with Crippen molar-refractivity contribution in [3.63, 3.8) is 0 Å². The van der Waals surface area contributed by atoms with E-state index in [4.69, 9.17) is 9.47 Å². The Morgan fingerprint density at radius 1 is 1.30 bits per heavy atom. The van der Waals surface area contributed by atoms with Crippen LogP contribution in [0.1, 0.15) is 15.9 Å². The molecule has 0 atom stereocenters. The lowest BCUT2D eigenvalue weighted by Gasteiger charge is -2.21. The summed E-state index contributed by atoms with van der Waals surface area (Å²) in [4.78, 5) is 14.1. The van der Waals surface area contributed by atoms with Crippen molar-refractivity contribution in [2.45, 2.75) is 6.42 Å². The van der Waals surface area contributed by atoms with Crippen LogP contribution >= 0.6 is 0 Å². The number of benzene rings is 2. The number of nitrogens with zero attached hydrogens (tertiary/aromatic N) is 1. The summed E-state index contributed by atoms with van der Waals surface area (Å²) in [5.41, 5.74) is 0.822. The van der Waals surface area contributed by atoms with E-state index in [9.17, 15) is 9.90 Å². The van der Waals surface area contributed by atoms with Gasteiger partial charge in [-0.1, -0.05) is 18.2 Å². The molecule has 0 saturated heterocycles. The molecule has 0 aliphatic rings. The summed E-state index contributed by atoms with van der Waals surface area (Å²) in [6.45, 7) is 3.71. The zero-order valence-corrected chi connectivity index (χ0v) is 13.8. The molecule has 23 heavy (non-hydrogen) atoms. The van der Waals surface area contributed by atoms with Gasteiger partial charge in [0.05, 0.1) is 25.2 Å². The van der Waals surface area contributed by atoms with Crippen molar-refractivity contribution in [1.82, 2.24) is 4.90 Å². The van der Waals surface area contributed by atoms with Gasteiger partial charge < -0.3 is 19.5 Å². The predicted octanol–water partition coefficient (Wildman–Crippen LogP) is 2.99. The number of fused-ring (bicyclic) bond motifs is 1. The highest BCUT2D eigenvalue weighted by Crippen LogP contribution is 2.44. The van der Waals surface area contributed by atoms with E-state index in [-0.39, 0.29) is 11.7 Å². The zero-order chi connectivity index (χ0) is 17.1. The van der Waals surface area contributed by atoms with E-state index in [0.717, 1.165) is 0 Å². The molecule has 0 radical (unpaired) electrons. The van der Waals surface area contributed by atoms with E-state index >= 15 is 0 Å². The van der Waals surface area contributed by atoms with Crippen LogP contribution in [0, 0.1) is 0 Å². The predicted molar refractivity (Wildman–Crippen MR) is 90.6 cm³/mol. The first kappa shape index (κ1) is 16.7. The van der Waals surface area contributed by atoms with Gasteiger partial charge in [-0.25, -0.2) is 0 Å². The highest BCUT2D eigenvalue weighted by Gasteiger charge is 2.26. The highest BCUT2D eigenvalue weighted by molar-refractivity contribution is 6.09. The number of hydrogen-bond acceptors (Lipinski definition) is 4. The molecule has 2 aromatic carbocycles. The van der Waals surface area contributed by atoms with Gasteiger partial charge in [0, 0.05) is 25.0 Å². The first-order valence-corrected chi connectivity index (χ1v) is 7.18. The molecular formula is C18H21NO4. The molecule has 0 aliphatic carbocycles. The fraction of sp³-hybridized carbons (Fsp3) is 0.278. The second-order valence-corrected chi connectivity index (χ2v) is 5.31. The SMILES string of the molecule is C=CCc1c(C(=O)N(C)C)c(OC)c2c(OC)cccc2c1O. The van der Waals surface area contributed by atoms with Crippen LogP contribution < -0.4 is 9.47 Å². The summed E-state index contributed by atoms with van der Waals surface area (Å²) < 4.78 is 10.9. The number of carbonyl (C=O) groups excluding carboxylic acids is 1. The van der Waals surface area contributed by atoms with Gasteiger partial charge >= 0.3 is 0 Å². The van der Waals surface area contributed by atoms with Crippen LogP contribution in [0.3, 0.4) is 0 Å². The Labute approximate surface area is 135 Å². The number of ether oxygens (including phenoxy) is 2. The largest absolute Gasteiger partial charge is 0.507 e. The fourth-order valence-corrected chi connectivity index (χ4v) is 2.67. The third-order valence-electron chi connectivity index (χ3n) is 3.72. The molecule has 0 aliphatic heterocycles. The Kier molecular flexibility index (Phi) is 4.79. The number of allylic oxidation sites excluding steroid dienone is 1. The molecule has 0 unspecified atom stereocenters. The third-order valence-corrected chi connectivity index (χ3v) is 3.72. The zero-order valence-electron chi connectivity index (χ0n) is 13.8. The molecule has 0 bridgehead atoms.